The van der Waals surface area contributed by atoms with Crippen molar-refractivity contribution in [3.63, 3.8) is 0 Å². The quantitative estimate of drug-likeness (QED) is 0.725. The molecule has 0 aliphatic rings. The van der Waals surface area contributed by atoms with Crippen LogP contribution in [0, 0.1) is 5.92 Å². The summed E-state index contributed by atoms with van der Waals surface area (Å²) in [5.41, 5.74) is 5.60. The second kappa shape index (κ2) is 7.32. The maximum Gasteiger partial charge on any atom is 0.312 e. The van der Waals surface area contributed by atoms with E-state index in [-0.39, 0.29) is 11.8 Å². The Labute approximate surface area is 117 Å². The standard InChI is InChI=1S/C13H20N4O3/c1-8(2)6-10(17-13(14)19)12(18)16-9-4-5-11(20-3)15-7-9/h4-5,7-8,10H,6H2,1-3H3,(H,16,18)(H3,14,17,19)/t10-/m0/s1. The largest absolute Gasteiger partial charge is 0.481 e. The molecule has 1 atom stereocenters. The number of pyridine rings is 1. The Morgan fingerprint density at radius 2 is 2.10 bits per heavy atom. The van der Waals surface area contributed by atoms with Crippen molar-refractivity contribution < 1.29 is 14.3 Å². The van der Waals surface area contributed by atoms with Crippen LogP contribution >= 0.6 is 0 Å². The summed E-state index contributed by atoms with van der Waals surface area (Å²) in [5, 5.41) is 5.11. The Morgan fingerprint density at radius 1 is 1.40 bits per heavy atom. The number of rotatable bonds is 6. The number of hydrogen-bond acceptors (Lipinski definition) is 4. The van der Waals surface area contributed by atoms with Gasteiger partial charge in [-0.05, 0) is 18.4 Å². The van der Waals surface area contributed by atoms with Gasteiger partial charge >= 0.3 is 6.03 Å². The van der Waals surface area contributed by atoms with Crippen LogP contribution in [-0.2, 0) is 4.79 Å². The highest BCUT2D eigenvalue weighted by molar-refractivity contribution is 5.96. The van der Waals surface area contributed by atoms with Crippen molar-refractivity contribution in [2.45, 2.75) is 26.3 Å². The van der Waals surface area contributed by atoms with Gasteiger partial charge in [-0.1, -0.05) is 13.8 Å². The first-order valence-corrected chi connectivity index (χ1v) is 6.29. The van der Waals surface area contributed by atoms with Crippen LogP contribution in [0.3, 0.4) is 0 Å². The summed E-state index contributed by atoms with van der Waals surface area (Å²) in [5.74, 6) is 0.369. The van der Waals surface area contributed by atoms with E-state index in [1.165, 1.54) is 13.3 Å². The molecule has 7 nitrogen and oxygen atoms in total. The number of urea groups is 1. The molecule has 0 fully saturated rings. The molecule has 1 rings (SSSR count). The van der Waals surface area contributed by atoms with Crippen molar-refractivity contribution in [1.29, 1.82) is 0 Å². The first-order chi connectivity index (χ1) is 9.42. The van der Waals surface area contributed by atoms with Crippen LogP contribution in [0.5, 0.6) is 5.88 Å². The fraction of sp³-hybridized carbons (Fsp3) is 0.462. The van der Waals surface area contributed by atoms with Crippen molar-refractivity contribution in [3.8, 4) is 5.88 Å². The molecule has 0 aliphatic carbocycles. The number of aromatic nitrogens is 1. The molecule has 1 aromatic rings. The number of ether oxygens (including phenoxy) is 1. The molecule has 20 heavy (non-hydrogen) atoms. The molecule has 110 valence electrons. The van der Waals surface area contributed by atoms with Crippen LogP contribution in [0.25, 0.3) is 0 Å². The molecule has 0 saturated carbocycles. The number of anilines is 1. The van der Waals surface area contributed by atoms with Crippen LogP contribution < -0.4 is 21.1 Å². The first kappa shape index (κ1) is 15.7. The first-order valence-electron chi connectivity index (χ1n) is 6.29. The topological polar surface area (TPSA) is 106 Å². The van der Waals surface area contributed by atoms with E-state index in [0.29, 0.717) is 18.0 Å². The zero-order valence-corrected chi connectivity index (χ0v) is 11.8. The Balaban J connectivity index is 2.70. The van der Waals surface area contributed by atoms with Gasteiger partial charge in [-0.2, -0.15) is 0 Å². The van der Waals surface area contributed by atoms with E-state index in [1.54, 1.807) is 12.1 Å². The lowest BCUT2D eigenvalue weighted by molar-refractivity contribution is -0.118. The van der Waals surface area contributed by atoms with E-state index in [2.05, 4.69) is 15.6 Å². The molecular formula is C13H20N4O3. The van der Waals surface area contributed by atoms with Gasteiger partial charge in [-0.3, -0.25) is 4.79 Å². The molecule has 3 amide bonds. The van der Waals surface area contributed by atoms with Crippen molar-refractivity contribution in [1.82, 2.24) is 10.3 Å². The summed E-state index contributed by atoms with van der Waals surface area (Å²) in [7, 11) is 1.51. The molecule has 0 saturated heterocycles. The molecule has 0 aromatic carbocycles. The maximum atomic E-state index is 12.1. The lowest BCUT2D eigenvalue weighted by atomic mass is 10.0. The number of carbonyl (C=O) groups excluding carboxylic acids is 2. The average molecular weight is 280 g/mol. The number of methoxy groups -OCH3 is 1. The summed E-state index contributed by atoms with van der Waals surface area (Å²) in [4.78, 5) is 27.0. The third-order valence-electron chi connectivity index (χ3n) is 2.55. The van der Waals surface area contributed by atoms with Gasteiger partial charge in [0.2, 0.25) is 11.8 Å². The fourth-order valence-corrected chi connectivity index (χ4v) is 1.68. The molecule has 0 unspecified atom stereocenters. The minimum Gasteiger partial charge on any atom is -0.481 e. The van der Waals surface area contributed by atoms with E-state index >= 15 is 0 Å². The van der Waals surface area contributed by atoms with Crippen LogP contribution in [0.15, 0.2) is 18.3 Å². The number of amides is 3. The number of nitrogens with one attached hydrogen (secondary N) is 2. The summed E-state index contributed by atoms with van der Waals surface area (Å²) in [6.07, 6.45) is 1.98. The van der Waals surface area contributed by atoms with Crippen molar-refractivity contribution in [2.75, 3.05) is 12.4 Å². The highest BCUT2D eigenvalue weighted by Gasteiger charge is 2.21. The van der Waals surface area contributed by atoms with E-state index in [0.717, 1.165) is 0 Å². The van der Waals surface area contributed by atoms with Gasteiger partial charge in [-0.15, -0.1) is 0 Å². The van der Waals surface area contributed by atoms with Gasteiger partial charge in [0, 0.05) is 6.07 Å². The highest BCUT2D eigenvalue weighted by Crippen LogP contribution is 2.12. The molecule has 1 aromatic heterocycles. The molecule has 0 aliphatic heterocycles. The Morgan fingerprint density at radius 3 is 2.55 bits per heavy atom. The molecule has 1 heterocycles. The zero-order valence-electron chi connectivity index (χ0n) is 11.8. The van der Waals surface area contributed by atoms with Crippen LogP contribution in [0.4, 0.5) is 10.5 Å². The number of nitrogens with two attached hydrogens (primary N) is 1. The van der Waals surface area contributed by atoms with E-state index < -0.39 is 12.1 Å². The van der Waals surface area contributed by atoms with Gasteiger partial charge in [0.25, 0.3) is 0 Å². The number of nitrogens with zero attached hydrogens (tertiary/aromatic N) is 1. The predicted molar refractivity (Wildman–Crippen MR) is 75.4 cm³/mol. The Bertz CT molecular complexity index is 459. The molecule has 4 N–H and O–H groups in total. The van der Waals surface area contributed by atoms with Crippen LogP contribution in [0.2, 0.25) is 0 Å². The third-order valence-corrected chi connectivity index (χ3v) is 2.55. The van der Waals surface area contributed by atoms with Gasteiger partial charge in [0.05, 0.1) is 19.0 Å². The van der Waals surface area contributed by atoms with Gasteiger partial charge in [0.1, 0.15) is 6.04 Å². The van der Waals surface area contributed by atoms with Gasteiger partial charge in [0.15, 0.2) is 0 Å². The third kappa shape index (κ3) is 5.13. The van der Waals surface area contributed by atoms with Gasteiger partial charge < -0.3 is 21.1 Å². The zero-order chi connectivity index (χ0) is 15.1. The molecule has 0 radical (unpaired) electrons. The minimum atomic E-state index is -0.723. The second-order valence-corrected chi connectivity index (χ2v) is 4.77. The van der Waals surface area contributed by atoms with Crippen LogP contribution in [0.1, 0.15) is 20.3 Å². The normalized spacial score (nSPS) is 11.8. The lowest BCUT2D eigenvalue weighted by Crippen LogP contribution is -2.46. The number of primary amides is 1. The monoisotopic (exact) mass is 280 g/mol. The summed E-state index contributed by atoms with van der Waals surface area (Å²) < 4.78 is 4.93. The van der Waals surface area contributed by atoms with E-state index in [4.69, 9.17) is 10.5 Å². The summed E-state index contributed by atoms with van der Waals surface area (Å²) in [6, 6.07) is 1.91. The summed E-state index contributed by atoms with van der Waals surface area (Å²) >= 11 is 0. The van der Waals surface area contributed by atoms with E-state index in [1.807, 2.05) is 13.8 Å². The van der Waals surface area contributed by atoms with Crippen molar-refractivity contribution >= 4 is 17.6 Å². The fourth-order valence-electron chi connectivity index (χ4n) is 1.68. The highest BCUT2D eigenvalue weighted by atomic mass is 16.5. The SMILES string of the molecule is COc1ccc(NC(=O)[C@H](CC(C)C)NC(N)=O)cn1. The molecule has 0 spiro atoms. The summed E-state index contributed by atoms with van der Waals surface area (Å²) in [6.45, 7) is 3.91. The van der Waals surface area contributed by atoms with Gasteiger partial charge in [-0.25, -0.2) is 9.78 Å². The molecule has 7 heteroatoms. The van der Waals surface area contributed by atoms with Crippen LogP contribution in [-0.4, -0.2) is 30.1 Å². The Kier molecular flexibility index (Phi) is 5.76. The maximum absolute atomic E-state index is 12.1. The molecule has 0 bridgehead atoms. The molecular weight excluding hydrogens is 260 g/mol. The lowest BCUT2D eigenvalue weighted by Gasteiger charge is -2.19. The minimum absolute atomic E-state index is 0.242. The number of carbonyl (C=O) groups is 2. The number of hydrogen-bond donors (Lipinski definition) is 3. The van der Waals surface area contributed by atoms with Crippen molar-refractivity contribution in [2.24, 2.45) is 11.7 Å². The smallest absolute Gasteiger partial charge is 0.312 e. The second-order valence-electron chi connectivity index (χ2n) is 4.77. The Hall–Kier alpha value is -2.31. The average Bonchev–Trinajstić information content (AvgIpc) is 2.37. The van der Waals surface area contributed by atoms with Crippen molar-refractivity contribution in [3.05, 3.63) is 18.3 Å². The predicted octanol–water partition coefficient (Wildman–Crippen LogP) is 1.11. The van der Waals surface area contributed by atoms with E-state index in [9.17, 15) is 9.59 Å².